The summed E-state index contributed by atoms with van der Waals surface area (Å²) in [6.07, 6.45) is 4.96. The van der Waals surface area contributed by atoms with Gasteiger partial charge in [-0.2, -0.15) is 0 Å². The number of para-hydroxylation sites is 1. The van der Waals surface area contributed by atoms with E-state index in [2.05, 4.69) is 38.6 Å². The molecule has 0 amide bonds. The molecule has 6 heteroatoms. The van der Waals surface area contributed by atoms with Gasteiger partial charge in [-0.15, -0.1) is 0 Å². The van der Waals surface area contributed by atoms with Crippen molar-refractivity contribution in [2.24, 2.45) is 0 Å². The fourth-order valence-corrected chi connectivity index (χ4v) is 2.98. The third kappa shape index (κ3) is 3.30. The number of benzene rings is 2. The lowest BCUT2D eigenvalue weighted by Crippen LogP contribution is -2.04. The van der Waals surface area contributed by atoms with Crippen LogP contribution >= 0.6 is 0 Å². The number of nitrogens with two attached hydrogens (primary N) is 1. The van der Waals surface area contributed by atoms with Gasteiger partial charge < -0.3 is 15.6 Å². The first-order chi connectivity index (χ1) is 13.3. The number of rotatable bonds is 5. The van der Waals surface area contributed by atoms with Crippen molar-refractivity contribution in [2.45, 2.75) is 6.54 Å². The smallest absolute Gasteiger partial charge is 0.195 e. The Morgan fingerprint density at radius 1 is 1.04 bits per heavy atom. The highest BCUT2D eigenvalue weighted by Gasteiger charge is 2.20. The molecule has 133 valence electrons. The number of nitrogens with zero attached hydrogens (tertiary/aromatic N) is 3. The van der Waals surface area contributed by atoms with Gasteiger partial charge in [-0.1, -0.05) is 47.6 Å². The molecule has 4 aromatic rings. The van der Waals surface area contributed by atoms with Crippen LogP contribution in [0.15, 0.2) is 65.6 Å². The van der Waals surface area contributed by atoms with Crippen molar-refractivity contribution in [1.82, 2.24) is 20.4 Å². The maximum Gasteiger partial charge on any atom is 0.195 e. The van der Waals surface area contributed by atoms with Crippen molar-refractivity contribution >= 4 is 5.69 Å². The molecule has 4 rings (SSSR count). The second-order valence-corrected chi connectivity index (χ2v) is 6.05. The molecule has 0 aliphatic carbocycles. The molecule has 0 aliphatic heterocycles. The lowest BCUT2D eigenvalue weighted by atomic mass is 10.0. The van der Waals surface area contributed by atoms with Gasteiger partial charge in [0.2, 0.25) is 0 Å². The molecule has 6 nitrogen and oxygen atoms in total. The minimum Gasteiger partial charge on any atom is -0.398 e. The van der Waals surface area contributed by atoms with Crippen molar-refractivity contribution in [3.05, 3.63) is 72.7 Å². The van der Waals surface area contributed by atoms with E-state index in [0.717, 1.165) is 23.2 Å². The molecule has 27 heavy (non-hydrogen) atoms. The van der Waals surface area contributed by atoms with Crippen LogP contribution in [0.4, 0.5) is 5.69 Å². The van der Waals surface area contributed by atoms with E-state index >= 15 is 0 Å². The van der Waals surface area contributed by atoms with Gasteiger partial charge in [0, 0.05) is 36.3 Å². The summed E-state index contributed by atoms with van der Waals surface area (Å²) in [6, 6.07) is 16.8. The van der Waals surface area contributed by atoms with E-state index in [1.807, 2.05) is 31.3 Å². The molecule has 0 unspecified atom stereocenters. The second kappa shape index (κ2) is 7.39. The Kier molecular flexibility index (Phi) is 4.63. The average Bonchev–Trinajstić information content (AvgIpc) is 3.19. The summed E-state index contributed by atoms with van der Waals surface area (Å²) in [7, 11) is 1.92. The van der Waals surface area contributed by atoms with E-state index in [1.54, 1.807) is 24.7 Å². The zero-order valence-electron chi connectivity index (χ0n) is 14.8. The van der Waals surface area contributed by atoms with Crippen molar-refractivity contribution < 1.29 is 4.52 Å². The summed E-state index contributed by atoms with van der Waals surface area (Å²) in [5, 5.41) is 7.14. The quantitative estimate of drug-likeness (QED) is 0.531. The first kappa shape index (κ1) is 16.9. The standard InChI is InChI=1S/C21H18N5O/c1-23-12-14-6-8-15(9-7-14)17-13-26-27-21(17)20-19(24-10-11-25-20)16-4-2-3-5-18(16)22/h2-4,6-11,13,23H,12,22H2,1H3. The normalized spacial score (nSPS) is 10.9. The van der Waals surface area contributed by atoms with Gasteiger partial charge in [-0.3, -0.25) is 4.98 Å². The highest BCUT2D eigenvalue weighted by molar-refractivity contribution is 5.87. The van der Waals surface area contributed by atoms with Crippen LogP contribution in [0.2, 0.25) is 0 Å². The SMILES string of the molecule is CNCc1ccc(-c2cnoc2-c2nccnc2-c2ccc[c]c2N)cc1. The summed E-state index contributed by atoms with van der Waals surface area (Å²) in [5.74, 6) is 0.558. The Bertz CT molecular complexity index is 1060. The Hall–Kier alpha value is -3.51. The van der Waals surface area contributed by atoms with E-state index in [1.165, 1.54) is 5.56 Å². The van der Waals surface area contributed by atoms with E-state index < -0.39 is 0 Å². The molecule has 0 bridgehead atoms. The Morgan fingerprint density at radius 3 is 2.56 bits per heavy atom. The number of nitrogens with one attached hydrogen (secondary N) is 1. The van der Waals surface area contributed by atoms with Crippen LogP contribution < -0.4 is 11.1 Å². The lowest BCUT2D eigenvalue weighted by Gasteiger charge is -2.09. The zero-order chi connectivity index (χ0) is 18.6. The van der Waals surface area contributed by atoms with Gasteiger partial charge in [-0.05, 0) is 18.2 Å². The van der Waals surface area contributed by atoms with E-state index in [9.17, 15) is 0 Å². The van der Waals surface area contributed by atoms with Gasteiger partial charge in [0.25, 0.3) is 0 Å². The average molecular weight is 356 g/mol. The molecule has 0 saturated heterocycles. The number of nitrogen functional groups attached to an aromatic ring is 1. The fraction of sp³-hybridized carbons (Fsp3) is 0.0952. The molecule has 2 aromatic heterocycles. The highest BCUT2D eigenvalue weighted by atomic mass is 16.5. The summed E-state index contributed by atoms with van der Waals surface area (Å²) in [5.41, 5.74) is 11.6. The van der Waals surface area contributed by atoms with Crippen molar-refractivity contribution in [3.8, 4) is 33.8 Å². The Labute approximate surface area is 157 Å². The second-order valence-electron chi connectivity index (χ2n) is 6.05. The topological polar surface area (TPSA) is 89.9 Å². The summed E-state index contributed by atoms with van der Waals surface area (Å²) >= 11 is 0. The van der Waals surface area contributed by atoms with Gasteiger partial charge in [0.15, 0.2) is 5.76 Å². The van der Waals surface area contributed by atoms with Gasteiger partial charge in [-0.25, -0.2) is 4.98 Å². The van der Waals surface area contributed by atoms with Crippen LogP contribution in [0.5, 0.6) is 0 Å². The molecular weight excluding hydrogens is 338 g/mol. The first-order valence-corrected chi connectivity index (χ1v) is 8.54. The largest absolute Gasteiger partial charge is 0.398 e. The fourth-order valence-electron chi connectivity index (χ4n) is 2.98. The van der Waals surface area contributed by atoms with E-state index in [4.69, 9.17) is 10.3 Å². The van der Waals surface area contributed by atoms with Gasteiger partial charge in [0.05, 0.1) is 11.8 Å². The molecule has 2 heterocycles. The van der Waals surface area contributed by atoms with Crippen molar-refractivity contribution in [2.75, 3.05) is 12.8 Å². The minimum absolute atomic E-state index is 0.511. The molecule has 0 spiro atoms. The number of hydrogen-bond donors (Lipinski definition) is 2. The molecule has 0 aliphatic rings. The van der Waals surface area contributed by atoms with Crippen molar-refractivity contribution in [1.29, 1.82) is 0 Å². The molecule has 0 fully saturated rings. The van der Waals surface area contributed by atoms with Gasteiger partial charge in [0.1, 0.15) is 11.4 Å². The predicted octanol–water partition coefficient (Wildman–Crippen LogP) is 3.57. The minimum atomic E-state index is 0.511. The van der Waals surface area contributed by atoms with E-state index in [0.29, 0.717) is 22.8 Å². The molecule has 0 saturated carbocycles. The van der Waals surface area contributed by atoms with Crippen LogP contribution in [0, 0.1) is 6.07 Å². The maximum atomic E-state index is 6.09. The Balaban J connectivity index is 1.81. The molecule has 1 radical (unpaired) electrons. The predicted molar refractivity (Wildman–Crippen MR) is 104 cm³/mol. The van der Waals surface area contributed by atoms with Crippen LogP contribution in [0.25, 0.3) is 33.8 Å². The first-order valence-electron chi connectivity index (χ1n) is 8.54. The zero-order valence-corrected chi connectivity index (χ0v) is 14.8. The Morgan fingerprint density at radius 2 is 1.81 bits per heavy atom. The van der Waals surface area contributed by atoms with Gasteiger partial charge >= 0.3 is 0 Å². The number of anilines is 1. The van der Waals surface area contributed by atoms with Crippen LogP contribution in [-0.2, 0) is 6.54 Å². The summed E-state index contributed by atoms with van der Waals surface area (Å²) in [6.45, 7) is 0.814. The third-order valence-electron chi connectivity index (χ3n) is 4.27. The number of hydrogen-bond acceptors (Lipinski definition) is 6. The lowest BCUT2D eigenvalue weighted by molar-refractivity contribution is 0.431. The summed E-state index contributed by atoms with van der Waals surface area (Å²) in [4.78, 5) is 8.98. The third-order valence-corrected chi connectivity index (χ3v) is 4.27. The molecular formula is C21H18N5O. The molecule has 0 atom stereocenters. The number of aromatic nitrogens is 3. The maximum absolute atomic E-state index is 6.09. The van der Waals surface area contributed by atoms with Crippen LogP contribution in [0.1, 0.15) is 5.56 Å². The van der Waals surface area contributed by atoms with Crippen LogP contribution in [0.3, 0.4) is 0 Å². The monoisotopic (exact) mass is 356 g/mol. The van der Waals surface area contributed by atoms with E-state index in [-0.39, 0.29) is 0 Å². The summed E-state index contributed by atoms with van der Waals surface area (Å²) < 4.78 is 5.57. The molecule has 3 N–H and O–H groups in total. The van der Waals surface area contributed by atoms with Crippen LogP contribution in [-0.4, -0.2) is 22.2 Å². The molecule has 2 aromatic carbocycles. The van der Waals surface area contributed by atoms with Crippen molar-refractivity contribution in [3.63, 3.8) is 0 Å². The highest BCUT2D eigenvalue weighted by Crippen LogP contribution is 2.37.